The van der Waals surface area contributed by atoms with Crippen LogP contribution in [0.1, 0.15) is 26.8 Å². The zero-order valence-corrected chi connectivity index (χ0v) is 14.1. The summed E-state index contributed by atoms with van der Waals surface area (Å²) in [5, 5.41) is 0. The van der Waals surface area contributed by atoms with Gasteiger partial charge in [0.2, 0.25) is 0 Å². The van der Waals surface area contributed by atoms with Crippen molar-refractivity contribution in [3.8, 4) is 0 Å². The molecule has 1 aromatic heterocycles. The molecular formula is C14H18BrFN2OS. The van der Waals surface area contributed by atoms with E-state index in [1.54, 1.807) is 6.07 Å². The lowest BCUT2D eigenvalue weighted by Gasteiger charge is -2.23. The van der Waals surface area contributed by atoms with Gasteiger partial charge in [0.15, 0.2) is 4.77 Å². The molecule has 0 fully saturated rings. The number of rotatable bonds is 5. The summed E-state index contributed by atoms with van der Waals surface area (Å²) in [6, 6.07) is 3.30. The van der Waals surface area contributed by atoms with Gasteiger partial charge in [0.25, 0.3) is 0 Å². The van der Waals surface area contributed by atoms with Gasteiger partial charge >= 0.3 is 0 Å². The summed E-state index contributed by atoms with van der Waals surface area (Å²) < 4.78 is 22.4. The lowest BCUT2D eigenvalue weighted by Crippen LogP contribution is -2.21. The van der Waals surface area contributed by atoms with Crippen LogP contribution in [0, 0.1) is 16.5 Å². The van der Waals surface area contributed by atoms with Gasteiger partial charge in [0, 0.05) is 12.7 Å². The average molecular weight is 361 g/mol. The fourth-order valence-electron chi connectivity index (χ4n) is 2.25. The Balaban J connectivity index is 2.59. The van der Waals surface area contributed by atoms with Gasteiger partial charge < -0.3 is 14.3 Å². The van der Waals surface area contributed by atoms with Crippen molar-refractivity contribution in [1.29, 1.82) is 0 Å². The normalized spacial score (nSPS) is 13.3. The Morgan fingerprint density at radius 3 is 2.75 bits per heavy atom. The molecule has 1 unspecified atom stereocenters. The average Bonchev–Trinajstić information content (AvgIpc) is 2.67. The maximum absolute atomic E-state index is 13.8. The predicted molar refractivity (Wildman–Crippen MR) is 85.1 cm³/mol. The molecule has 0 aliphatic rings. The number of aromatic amines is 1. The smallest absolute Gasteiger partial charge is 0.178 e. The molecule has 0 saturated heterocycles. The first kappa shape index (κ1) is 15.7. The standard InChI is InChI=1S/C14H18BrFN2OS/c1-4-19-7-13(8(2)3)18-12-6-10(16)9(15)5-11(12)17-14(18)20/h5-6,8,13H,4,7H2,1-3H3,(H,17,20). The summed E-state index contributed by atoms with van der Waals surface area (Å²) in [6.45, 7) is 7.40. The summed E-state index contributed by atoms with van der Waals surface area (Å²) in [7, 11) is 0. The summed E-state index contributed by atoms with van der Waals surface area (Å²) in [5.41, 5.74) is 1.60. The molecule has 0 saturated carbocycles. The molecule has 2 rings (SSSR count). The highest BCUT2D eigenvalue weighted by Gasteiger charge is 2.20. The van der Waals surface area contributed by atoms with E-state index in [4.69, 9.17) is 17.0 Å². The number of nitrogens with one attached hydrogen (secondary N) is 1. The Morgan fingerprint density at radius 1 is 1.45 bits per heavy atom. The number of H-pyrrole nitrogens is 1. The van der Waals surface area contributed by atoms with Crippen LogP contribution in [0.2, 0.25) is 0 Å². The summed E-state index contributed by atoms with van der Waals surface area (Å²) >= 11 is 8.59. The Bertz CT molecular complexity index is 665. The number of hydrogen-bond acceptors (Lipinski definition) is 2. The Kier molecular flexibility index (Phi) is 4.99. The molecule has 0 radical (unpaired) electrons. The molecule has 20 heavy (non-hydrogen) atoms. The third kappa shape index (κ3) is 2.97. The minimum Gasteiger partial charge on any atom is -0.380 e. The van der Waals surface area contributed by atoms with E-state index in [2.05, 4.69) is 34.8 Å². The molecule has 1 N–H and O–H groups in total. The van der Waals surface area contributed by atoms with Crippen LogP contribution in [0.4, 0.5) is 4.39 Å². The zero-order chi connectivity index (χ0) is 14.9. The van der Waals surface area contributed by atoms with E-state index in [0.29, 0.717) is 28.4 Å². The Labute approximate surface area is 131 Å². The third-order valence-electron chi connectivity index (χ3n) is 3.35. The van der Waals surface area contributed by atoms with Crippen LogP contribution in [-0.2, 0) is 4.74 Å². The minimum atomic E-state index is -0.292. The SMILES string of the molecule is CCOCC(C(C)C)n1c(=S)[nH]c2cc(Br)c(F)cc21. The molecule has 0 aliphatic carbocycles. The summed E-state index contributed by atoms with van der Waals surface area (Å²) in [5.74, 6) is 0.0399. The van der Waals surface area contributed by atoms with Crippen molar-refractivity contribution in [1.82, 2.24) is 9.55 Å². The second-order valence-corrected chi connectivity index (χ2v) is 6.30. The molecule has 110 valence electrons. The van der Waals surface area contributed by atoms with Gasteiger partial charge in [-0.15, -0.1) is 0 Å². The van der Waals surface area contributed by atoms with Crippen molar-refractivity contribution in [3.63, 3.8) is 0 Å². The number of fused-ring (bicyclic) bond motifs is 1. The lowest BCUT2D eigenvalue weighted by atomic mass is 10.0. The molecule has 2 aromatic rings. The molecular weight excluding hydrogens is 343 g/mol. The molecule has 0 bridgehead atoms. The van der Waals surface area contributed by atoms with E-state index in [1.165, 1.54) is 6.07 Å². The van der Waals surface area contributed by atoms with Gasteiger partial charge in [0.05, 0.1) is 28.2 Å². The van der Waals surface area contributed by atoms with E-state index in [-0.39, 0.29) is 11.9 Å². The third-order valence-corrected chi connectivity index (χ3v) is 4.26. The molecule has 1 atom stereocenters. The van der Waals surface area contributed by atoms with Crippen LogP contribution in [-0.4, -0.2) is 22.8 Å². The first-order chi connectivity index (χ1) is 9.45. The number of halogens is 2. The minimum absolute atomic E-state index is 0.0803. The number of ether oxygens (including phenoxy) is 1. The van der Waals surface area contributed by atoms with Gasteiger partial charge in [-0.2, -0.15) is 0 Å². The first-order valence-corrected chi connectivity index (χ1v) is 7.82. The highest BCUT2D eigenvalue weighted by atomic mass is 79.9. The number of hydrogen-bond donors (Lipinski definition) is 1. The van der Waals surface area contributed by atoms with Crippen molar-refractivity contribution in [2.45, 2.75) is 26.8 Å². The number of aromatic nitrogens is 2. The van der Waals surface area contributed by atoms with Crippen LogP contribution in [0.3, 0.4) is 0 Å². The molecule has 1 heterocycles. The zero-order valence-electron chi connectivity index (χ0n) is 11.7. The van der Waals surface area contributed by atoms with Gasteiger partial charge in [-0.1, -0.05) is 13.8 Å². The van der Waals surface area contributed by atoms with Crippen LogP contribution in [0.25, 0.3) is 11.0 Å². The second kappa shape index (κ2) is 6.37. The fraction of sp³-hybridized carbons (Fsp3) is 0.500. The number of imidazole rings is 1. The van der Waals surface area contributed by atoms with E-state index < -0.39 is 0 Å². The maximum atomic E-state index is 13.8. The lowest BCUT2D eigenvalue weighted by molar-refractivity contribution is 0.0974. The largest absolute Gasteiger partial charge is 0.380 e. The van der Waals surface area contributed by atoms with Crippen molar-refractivity contribution in [3.05, 3.63) is 27.2 Å². The van der Waals surface area contributed by atoms with Gasteiger partial charge in [-0.3, -0.25) is 0 Å². The topological polar surface area (TPSA) is 29.9 Å². The monoisotopic (exact) mass is 360 g/mol. The molecule has 0 amide bonds. The predicted octanol–water partition coefficient (Wildman–Crippen LogP) is 4.83. The highest BCUT2D eigenvalue weighted by Crippen LogP contribution is 2.28. The molecule has 3 nitrogen and oxygen atoms in total. The number of benzene rings is 1. The van der Waals surface area contributed by atoms with Gasteiger partial charge in [-0.25, -0.2) is 4.39 Å². The molecule has 0 aliphatic heterocycles. The maximum Gasteiger partial charge on any atom is 0.178 e. The van der Waals surface area contributed by atoms with Crippen LogP contribution in [0.5, 0.6) is 0 Å². The van der Waals surface area contributed by atoms with Crippen LogP contribution in [0.15, 0.2) is 16.6 Å². The summed E-state index contributed by atoms with van der Waals surface area (Å²) in [6.07, 6.45) is 0. The fourth-order valence-corrected chi connectivity index (χ4v) is 2.94. The number of nitrogens with zero attached hydrogens (tertiary/aromatic N) is 1. The quantitative estimate of drug-likeness (QED) is 0.773. The van der Waals surface area contributed by atoms with Crippen molar-refractivity contribution in [2.75, 3.05) is 13.2 Å². The van der Waals surface area contributed by atoms with Crippen LogP contribution >= 0.6 is 28.1 Å². The second-order valence-electron chi connectivity index (χ2n) is 5.05. The van der Waals surface area contributed by atoms with Crippen molar-refractivity contribution < 1.29 is 9.13 Å². The van der Waals surface area contributed by atoms with E-state index in [9.17, 15) is 4.39 Å². The van der Waals surface area contributed by atoms with Gasteiger partial charge in [0.1, 0.15) is 5.82 Å². The van der Waals surface area contributed by atoms with Gasteiger partial charge in [-0.05, 0) is 47.1 Å². The molecule has 6 heteroatoms. The highest BCUT2D eigenvalue weighted by molar-refractivity contribution is 9.10. The van der Waals surface area contributed by atoms with E-state index >= 15 is 0 Å². The Hall–Kier alpha value is -0.720. The van der Waals surface area contributed by atoms with Crippen LogP contribution < -0.4 is 0 Å². The van der Waals surface area contributed by atoms with E-state index in [0.717, 1.165) is 11.0 Å². The van der Waals surface area contributed by atoms with Crippen molar-refractivity contribution in [2.24, 2.45) is 5.92 Å². The molecule has 0 spiro atoms. The molecule has 1 aromatic carbocycles. The first-order valence-electron chi connectivity index (χ1n) is 6.62. The van der Waals surface area contributed by atoms with E-state index in [1.807, 2.05) is 11.5 Å². The summed E-state index contributed by atoms with van der Waals surface area (Å²) in [4.78, 5) is 3.13. The van der Waals surface area contributed by atoms with Crippen molar-refractivity contribution >= 4 is 39.2 Å². The Morgan fingerprint density at radius 2 is 2.15 bits per heavy atom.